The first kappa shape index (κ1) is 23.6. The molecule has 162 valence electrons. The van der Waals surface area contributed by atoms with Crippen molar-refractivity contribution in [1.82, 2.24) is 5.32 Å². The number of phenols is 1. The van der Waals surface area contributed by atoms with E-state index in [2.05, 4.69) is 10.6 Å². The predicted octanol–water partition coefficient (Wildman–Crippen LogP) is 3.58. The Morgan fingerprint density at radius 1 is 1.10 bits per heavy atom. The van der Waals surface area contributed by atoms with E-state index in [4.69, 9.17) is 15.9 Å². The molecule has 1 atom stereocenters. The number of hydrogen-bond donors (Lipinski definition) is 5. The van der Waals surface area contributed by atoms with Crippen molar-refractivity contribution in [2.24, 2.45) is 5.73 Å². The summed E-state index contributed by atoms with van der Waals surface area (Å²) in [7, 11) is 1.47. The van der Waals surface area contributed by atoms with E-state index < -0.39 is 6.04 Å². The number of methoxy groups -OCH3 is 1. The van der Waals surface area contributed by atoms with Gasteiger partial charge in [-0.3, -0.25) is 10.2 Å². The third-order valence-electron chi connectivity index (χ3n) is 4.61. The van der Waals surface area contributed by atoms with Gasteiger partial charge < -0.3 is 26.2 Å². The van der Waals surface area contributed by atoms with E-state index in [0.29, 0.717) is 29.1 Å². The SMILES string of the molecule is COc1ccc([C@@H](Nc2ccc(C(=N)N)cc2)C(=O)NCc2ccccc2)cc1O.Cl. The second kappa shape index (κ2) is 10.9. The molecule has 7 nitrogen and oxygen atoms in total. The number of hydrogen-bond acceptors (Lipinski definition) is 5. The molecule has 0 aliphatic heterocycles. The first-order chi connectivity index (χ1) is 14.5. The highest BCUT2D eigenvalue weighted by atomic mass is 35.5. The molecule has 0 radical (unpaired) electrons. The Morgan fingerprint density at radius 3 is 2.35 bits per heavy atom. The lowest BCUT2D eigenvalue weighted by Crippen LogP contribution is -2.33. The lowest BCUT2D eigenvalue weighted by Gasteiger charge is -2.21. The van der Waals surface area contributed by atoms with Crippen LogP contribution in [0.4, 0.5) is 5.69 Å². The van der Waals surface area contributed by atoms with Crippen LogP contribution < -0.4 is 21.1 Å². The quantitative estimate of drug-likeness (QED) is 0.271. The zero-order chi connectivity index (χ0) is 21.5. The average Bonchev–Trinajstić information content (AvgIpc) is 2.76. The van der Waals surface area contributed by atoms with Crippen molar-refractivity contribution >= 4 is 29.8 Å². The summed E-state index contributed by atoms with van der Waals surface area (Å²) in [6.07, 6.45) is 0. The number of rotatable bonds is 8. The van der Waals surface area contributed by atoms with Crippen LogP contribution in [0.25, 0.3) is 0 Å². The molecule has 0 saturated heterocycles. The average molecular weight is 441 g/mol. The normalized spacial score (nSPS) is 11.0. The van der Waals surface area contributed by atoms with Crippen LogP contribution in [0.2, 0.25) is 0 Å². The molecule has 1 amide bonds. The Hall–Kier alpha value is -3.71. The molecule has 0 aromatic heterocycles. The molecule has 6 N–H and O–H groups in total. The fourth-order valence-corrected chi connectivity index (χ4v) is 2.99. The van der Waals surface area contributed by atoms with E-state index in [0.717, 1.165) is 5.56 Å². The molecule has 8 heteroatoms. The topological polar surface area (TPSA) is 120 Å². The van der Waals surface area contributed by atoms with Gasteiger partial charge in [-0.2, -0.15) is 0 Å². The number of nitrogen functional groups attached to an aromatic ring is 1. The summed E-state index contributed by atoms with van der Waals surface area (Å²) >= 11 is 0. The predicted molar refractivity (Wildman–Crippen MR) is 124 cm³/mol. The van der Waals surface area contributed by atoms with Crippen molar-refractivity contribution in [3.8, 4) is 11.5 Å². The van der Waals surface area contributed by atoms with Crippen LogP contribution in [0.5, 0.6) is 11.5 Å². The van der Waals surface area contributed by atoms with Gasteiger partial charge in [0.2, 0.25) is 5.91 Å². The Morgan fingerprint density at radius 2 is 1.77 bits per heavy atom. The minimum absolute atomic E-state index is 0. The van der Waals surface area contributed by atoms with Gasteiger partial charge in [0.1, 0.15) is 11.9 Å². The largest absolute Gasteiger partial charge is 0.504 e. The van der Waals surface area contributed by atoms with Crippen molar-refractivity contribution in [3.05, 3.63) is 89.5 Å². The number of halogens is 1. The molecule has 0 bridgehead atoms. The second-order valence-electron chi connectivity index (χ2n) is 6.70. The van der Waals surface area contributed by atoms with Gasteiger partial charge in [-0.05, 0) is 47.5 Å². The van der Waals surface area contributed by atoms with Gasteiger partial charge in [0, 0.05) is 17.8 Å². The molecule has 0 aliphatic rings. The zero-order valence-corrected chi connectivity index (χ0v) is 17.8. The summed E-state index contributed by atoms with van der Waals surface area (Å²) in [4.78, 5) is 13.0. The number of ether oxygens (including phenoxy) is 1. The lowest BCUT2D eigenvalue weighted by molar-refractivity contribution is -0.122. The molecule has 31 heavy (non-hydrogen) atoms. The number of benzene rings is 3. The van der Waals surface area contributed by atoms with Gasteiger partial charge in [-0.15, -0.1) is 12.4 Å². The Kier molecular flexibility index (Phi) is 8.28. The summed E-state index contributed by atoms with van der Waals surface area (Å²) < 4.78 is 5.10. The summed E-state index contributed by atoms with van der Waals surface area (Å²) in [6, 6.07) is 20.6. The first-order valence-corrected chi connectivity index (χ1v) is 9.37. The van der Waals surface area contributed by atoms with Crippen molar-refractivity contribution < 1.29 is 14.6 Å². The highest BCUT2D eigenvalue weighted by Gasteiger charge is 2.22. The van der Waals surface area contributed by atoms with Gasteiger partial charge in [0.25, 0.3) is 0 Å². The van der Waals surface area contributed by atoms with Crippen molar-refractivity contribution in [2.75, 3.05) is 12.4 Å². The van der Waals surface area contributed by atoms with Crippen LogP contribution in [0, 0.1) is 5.41 Å². The summed E-state index contributed by atoms with van der Waals surface area (Å²) in [5.41, 5.74) is 8.33. The standard InChI is InChI=1S/C23H24N4O3.ClH/c1-30-20-12-9-17(13-19(20)28)21(23(29)26-14-15-5-3-2-4-6-15)27-18-10-7-16(8-11-18)22(24)25;/h2-13,21,27-28H,14H2,1H3,(H3,24,25)(H,26,29);1H/t21-;/m1./s1. The first-order valence-electron chi connectivity index (χ1n) is 9.37. The number of carbonyl (C=O) groups excluding carboxylic acids is 1. The third kappa shape index (κ3) is 6.13. The van der Waals surface area contributed by atoms with Crippen LogP contribution in [0.3, 0.4) is 0 Å². The number of carbonyl (C=O) groups is 1. The molecule has 3 aromatic carbocycles. The minimum atomic E-state index is -0.756. The maximum absolute atomic E-state index is 13.0. The minimum Gasteiger partial charge on any atom is -0.504 e. The van der Waals surface area contributed by atoms with Crippen molar-refractivity contribution in [2.45, 2.75) is 12.6 Å². The van der Waals surface area contributed by atoms with E-state index in [-0.39, 0.29) is 29.9 Å². The number of anilines is 1. The van der Waals surface area contributed by atoms with Crippen molar-refractivity contribution in [1.29, 1.82) is 5.41 Å². The summed E-state index contributed by atoms with van der Waals surface area (Å²) in [5.74, 6) is -0.00422. The van der Waals surface area contributed by atoms with E-state index in [1.165, 1.54) is 13.2 Å². The Balaban J connectivity index is 0.00000341. The summed E-state index contributed by atoms with van der Waals surface area (Å²) in [5, 5.41) is 23.8. The van der Waals surface area contributed by atoms with E-state index >= 15 is 0 Å². The number of aromatic hydroxyl groups is 1. The molecule has 0 unspecified atom stereocenters. The fourth-order valence-electron chi connectivity index (χ4n) is 2.99. The van der Waals surface area contributed by atoms with Gasteiger partial charge in [-0.25, -0.2) is 0 Å². The van der Waals surface area contributed by atoms with Gasteiger partial charge >= 0.3 is 0 Å². The van der Waals surface area contributed by atoms with Crippen LogP contribution in [0.15, 0.2) is 72.8 Å². The number of phenolic OH excluding ortho intramolecular Hbond substituents is 1. The van der Waals surface area contributed by atoms with Crippen LogP contribution in [-0.2, 0) is 11.3 Å². The van der Waals surface area contributed by atoms with E-state index in [1.807, 2.05) is 30.3 Å². The van der Waals surface area contributed by atoms with E-state index in [9.17, 15) is 9.90 Å². The monoisotopic (exact) mass is 440 g/mol. The summed E-state index contributed by atoms with van der Waals surface area (Å²) in [6.45, 7) is 0.378. The second-order valence-corrected chi connectivity index (χ2v) is 6.70. The fraction of sp³-hybridized carbons (Fsp3) is 0.130. The lowest BCUT2D eigenvalue weighted by atomic mass is 10.0. The Labute approximate surface area is 187 Å². The Bertz CT molecular complexity index is 1030. The van der Waals surface area contributed by atoms with Crippen LogP contribution in [0.1, 0.15) is 22.7 Å². The zero-order valence-electron chi connectivity index (χ0n) is 17.0. The maximum Gasteiger partial charge on any atom is 0.247 e. The smallest absolute Gasteiger partial charge is 0.247 e. The van der Waals surface area contributed by atoms with Gasteiger partial charge in [0.15, 0.2) is 11.5 Å². The molecular formula is C23H25ClN4O3. The van der Waals surface area contributed by atoms with Gasteiger partial charge in [0.05, 0.1) is 7.11 Å². The number of amides is 1. The molecule has 0 heterocycles. The molecule has 0 fully saturated rings. The molecule has 0 saturated carbocycles. The van der Waals surface area contributed by atoms with Gasteiger partial charge in [-0.1, -0.05) is 36.4 Å². The highest BCUT2D eigenvalue weighted by molar-refractivity contribution is 5.95. The molecule has 0 aliphatic carbocycles. The highest BCUT2D eigenvalue weighted by Crippen LogP contribution is 2.30. The number of amidine groups is 1. The number of nitrogens with one attached hydrogen (secondary N) is 3. The number of nitrogens with two attached hydrogens (primary N) is 1. The molecule has 3 rings (SSSR count). The molecule has 0 spiro atoms. The van der Waals surface area contributed by atoms with E-state index in [1.54, 1.807) is 36.4 Å². The van der Waals surface area contributed by atoms with Crippen LogP contribution in [-0.4, -0.2) is 24.0 Å². The molecule has 3 aromatic rings. The molecular weight excluding hydrogens is 416 g/mol. The maximum atomic E-state index is 13.0. The third-order valence-corrected chi connectivity index (χ3v) is 4.61. The van der Waals surface area contributed by atoms with Crippen molar-refractivity contribution in [3.63, 3.8) is 0 Å². The van der Waals surface area contributed by atoms with Crippen LogP contribution >= 0.6 is 12.4 Å².